The lowest BCUT2D eigenvalue weighted by molar-refractivity contribution is -0.133. The monoisotopic (exact) mass is 630 g/mol. The van der Waals surface area contributed by atoms with Crippen LogP contribution in [-0.4, -0.2) is 135 Å². The van der Waals surface area contributed by atoms with Crippen molar-refractivity contribution in [1.82, 2.24) is 0 Å². The predicted octanol–water partition coefficient (Wildman–Crippen LogP) is 3.41. The average Bonchev–Trinajstić information content (AvgIpc) is 2.99. The van der Waals surface area contributed by atoms with E-state index in [1.54, 1.807) is 0 Å². The molecule has 0 aliphatic carbocycles. The van der Waals surface area contributed by atoms with Gasteiger partial charge in [-0.3, -0.25) is 0 Å². The molecule has 44 heavy (non-hydrogen) atoms. The second-order valence-corrected chi connectivity index (χ2v) is 10.5. The van der Waals surface area contributed by atoms with Crippen molar-refractivity contribution >= 4 is 5.97 Å². The van der Waals surface area contributed by atoms with Crippen LogP contribution in [0.3, 0.4) is 0 Å². The van der Waals surface area contributed by atoms with E-state index in [0.29, 0.717) is 111 Å². The van der Waals surface area contributed by atoms with Crippen LogP contribution in [0.1, 0.15) is 27.2 Å². The molecule has 12 heteroatoms. The van der Waals surface area contributed by atoms with E-state index in [2.05, 4.69) is 6.58 Å². The molecule has 1 atom stereocenters. The molecule has 0 fully saturated rings. The molecule has 0 aliphatic rings. The van der Waals surface area contributed by atoms with E-state index >= 15 is 0 Å². The summed E-state index contributed by atoms with van der Waals surface area (Å²) in [5, 5.41) is 9.13. The van der Waals surface area contributed by atoms with E-state index in [0.717, 1.165) is 0 Å². The van der Waals surface area contributed by atoms with Crippen LogP contribution in [0, 0.1) is 0 Å². The van der Waals surface area contributed by atoms with Crippen molar-refractivity contribution in [2.45, 2.75) is 38.9 Å². The first kappa shape index (κ1) is 39.9. The third-order valence-corrected chi connectivity index (χ3v) is 5.53. The Morgan fingerprint density at radius 2 is 1.05 bits per heavy atom. The minimum Gasteiger partial charge on any atom is -0.491 e. The van der Waals surface area contributed by atoms with Crippen LogP contribution in [0.4, 0.5) is 0 Å². The Kier molecular flexibility index (Phi) is 24.7. The van der Waals surface area contributed by atoms with Gasteiger partial charge < -0.3 is 52.5 Å². The van der Waals surface area contributed by atoms with E-state index in [1.165, 1.54) is 0 Å². The van der Waals surface area contributed by atoms with Gasteiger partial charge in [-0.1, -0.05) is 24.8 Å². The predicted molar refractivity (Wildman–Crippen MR) is 165 cm³/mol. The maximum absolute atomic E-state index is 11.1. The summed E-state index contributed by atoms with van der Waals surface area (Å²) in [5.74, 6) is -0.367. The van der Waals surface area contributed by atoms with Gasteiger partial charge in [0.1, 0.15) is 12.4 Å². The molecule has 0 amide bonds. The van der Waals surface area contributed by atoms with Gasteiger partial charge >= 0.3 is 5.97 Å². The lowest BCUT2D eigenvalue weighted by Crippen LogP contribution is -2.26. The van der Waals surface area contributed by atoms with Crippen molar-refractivity contribution in [3.05, 3.63) is 42.5 Å². The van der Waals surface area contributed by atoms with Crippen molar-refractivity contribution < 1.29 is 57.3 Å². The molecule has 0 heterocycles. The van der Waals surface area contributed by atoms with Crippen molar-refractivity contribution in [1.29, 1.82) is 0 Å². The first-order valence-corrected chi connectivity index (χ1v) is 15.2. The number of para-hydroxylation sites is 1. The molecule has 0 bridgehead atoms. The van der Waals surface area contributed by atoms with E-state index < -0.39 is 12.1 Å². The summed E-state index contributed by atoms with van der Waals surface area (Å²) in [7, 11) is 0. The molecule has 0 saturated carbocycles. The van der Waals surface area contributed by atoms with E-state index in [-0.39, 0.29) is 24.2 Å². The Morgan fingerprint density at radius 1 is 0.659 bits per heavy atom. The second-order valence-electron chi connectivity index (χ2n) is 10.5. The van der Waals surface area contributed by atoms with Gasteiger partial charge in [0.15, 0.2) is 0 Å². The lowest BCUT2D eigenvalue weighted by Gasteiger charge is -2.19. The molecule has 0 radical (unpaired) electrons. The summed E-state index contributed by atoms with van der Waals surface area (Å²) in [4.78, 5) is 11.1. The van der Waals surface area contributed by atoms with E-state index in [1.807, 2.05) is 51.1 Å². The van der Waals surface area contributed by atoms with Gasteiger partial charge in [0.05, 0.1) is 117 Å². The maximum Gasteiger partial charge on any atom is 0.331 e. The first-order valence-electron chi connectivity index (χ1n) is 15.2. The number of carbonyl (C=O) groups is 1. The van der Waals surface area contributed by atoms with Gasteiger partial charge in [0.2, 0.25) is 0 Å². The number of benzene rings is 1. The number of ether oxygens (including phenoxy) is 10. The van der Waals surface area contributed by atoms with Crippen LogP contribution in [0.25, 0.3) is 0 Å². The number of hydrogen-bond acceptors (Lipinski definition) is 11. The maximum atomic E-state index is 11.1. The van der Waals surface area contributed by atoms with Crippen molar-refractivity contribution in [3.63, 3.8) is 0 Å². The quantitative estimate of drug-likeness (QED) is 0.0953. The molecule has 1 aromatic carbocycles. The standard InChI is InChI=1S/C32H54O12/c1-28(31(33)34)26-30(27-43-29-8-6-5-7-9-29)42-24-22-40-20-18-38-16-14-36-12-10-35-11-13-37-15-17-39-19-21-41-23-25-44-32(2,3)4/h5-9,30H,1,10-27H2,2-4H3,(H,33,34). The Bertz CT molecular complexity index is 815. The highest BCUT2D eigenvalue weighted by Crippen LogP contribution is 2.13. The van der Waals surface area contributed by atoms with Gasteiger partial charge in [0, 0.05) is 12.0 Å². The third-order valence-electron chi connectivity index (χ3n) is 5.53. The summed E-state index contributed by atoms with van der Waals surface area (Å²) < 4.78 is 55.4. The average molecular weight is 631 g/mol. The molecule has 254 valence electrons. The van der Waals surface area contributed by atoms with Crippen LogP contribution in [0.5, 0.6) is 5.75 Å². The molecule has 12 nitrogen and oxygen atoms in total. The summed E-state index contributed by atoms with van der Waals surface area (Å²) in [5.41, 5.74) is -0.0755. The number of rotatable bonds is 31. The van der Waals surface area contributed by atoms with Crippen LogP contribution < -0.4 is 4.74 Å². The highest BCUT2D eigenvalue weighted by Gasteiger charge is 2.16. The third kappa shape index (κ3) is 26.3. The minimum absolute atomic E-state index is 0.0669. The number of carboxylic acids is 1. The number of aliphatic carboxylic acids is 1. The van der Waals surface area contributed by atoms with Crippen molar-refractivity contribution in [3.8, 4) is 5.75 Å². The highest BCUT2D eigenvalue weighted by atomic mass is 16.6. The van der Waals surface area contributed by atoms with E-state index in [9.17, 15) is 4.79 Å². The van der Waals surface area contributed by atoms with Gasteiger partial charge in [0.25, 0.3) is 0 Å². The Morgan fingerprint density at radius 3 is 1.43 bits per heavy atom. The van der Waals surface area contributed by atoms with Gasteiger partial charge in [-0.25, -0.2) is 4.79 Å². The summed E-state index contributed by atoms with van der Waals surface area (Å²) >= 11 is 0. The fourth-order valence-corrected chi connectivity index (χ4v) is 3.34. The zero-order valence-electron chi connectivity index (χ0n) is 26.8. The van der Waals surface area contributed by atoms with Gasteiger partial charge in [-0.2, -0.15) is 0 Å². The van der Waals surface area contributed by atoms with Crippen LogP contribution >= 0.6 is 0 Å². The molecule has 1 unspecified atom stereocenters. The molecule has 0 spiro atoms. The summed E-state index contributed by atoms with van der Waals surface area (Å²) in [6.45, 7) is 17.4. The van der Waals surface area contributed by atoms with E-state index in [4.69, 9.17) is 52.5 Å². The minimum atomic E-state index is -1.05. The summed E-state index contributed by atoms with van der Waals surface area (Å²) in [6.07, 6.45) is -0.293. The molecule has 1 N–H and O–H groups in total. The zero-order valence-corrected chi connectivity index (χ0v) is 26.8. The normalized spacial score (nSPS) is 12.3. The Balaban J connectivity index is 1.84. The van der Waals surface area contributed by atoms with Crippen LogP contribution in [0.15, 0.2) is 42.5 Å². The lowest BCUT2D eigenvalue weighted by atomic mass is 10.1. The molecule has 1 aromatic rings. The van der Waals surface area contributed by atoms with Gasteiger partial charge in [-0.15, -0.1) is 0 Å². The molecule has 0 aliphatic heterocycles. The van der Waals surface area contributed by atoms with Crippen LogP contribution in [-0.2, 0) is 47.4 Å². The zero-order chi connectivity index (χ0) is 32.1. The molecule has 1 rings (SSSR count). The number of hydrogen-bond donors (Lipinski definition) is 1. The topological polar surface area (TPSA) is 130 Å². The Hall–Kier alpha value is -2.13. The smallest absolute Gasteiger partial charge is 0.331 e. The molecule has 0 aromatic heterocycles. The molecule has 0 saturated heterocycles. The number of carboxylic acid groups (broad SMARTS) is 1. The molecular weight excluding hydrogens is 576 g/mol. The molecular formula is C32H54O12. The summed E-state index contributed by atoms with van der Waals surface area (Å²) in [6, 6.07) is 9.27. The largest absolute Gasteiger partial charge is 0.491 e. The van der Waals surface area contributed by atoms with Crippen molar-refractivity contribution in [2.24, 2.45) is 0 Å². The fraction of sp³-hybridized carbons (Fsp3) is 0.719. The van der Waals surface area contributed by atoms with Gasteiger partial charge in [-0.05, 0) is 32.9 Å². The SMILES string of the molecule is C=C(CC(COc1ccccc1)OCCOCCOCCOCCOCCOCCOCCOCCOC(C)(C)C)C(=O)O. The fourth-order valence-electron chi connectivity index (χ4n) is 3.34. The van der Waals surface area contributed by atoms with Crippen LogP contribution in [0.2, 0.25) is 0 Å². The first-order chi connectivity index (χ1) is 21.3. The highest BCUT2D eigenvalue weighted by molar-refractivity contribution is 5.85. The second kappa shape index (κ2) is 27.2. The van der Waals surface area contributed by atoms with Crippen molar-refractivity contribution in [2.75, 3.05) is 112 Å². The Labute approximate surface area is 262 Å².